The van der Waals surface area contributed by atoms with E-state index in [2.05, 4.69) is 10.4 Å². The number of carbonyl (C=O) groups is 1. The number of aryl methyl sites for hydroxylation is 2. The number of amides is 1. The van der Waals surface area contributed by atoms with Crippen LogP contribution in [-0.2, 0) is 13.5 Å². The number of hydrogen-bond donors (Lipinski definition) is 2. The van der Waals surface area contributed by atoms with Gasteiger partial charge in [-0.1, -0.05) is 13.8 Å². The highest BCUT2D eigenvalue weighted by molar-refractivity contribution is 5.95. The zero-order chi connectivity index (χ0) is 13.0. The third-order valence-corrected chi connectivity index (χ3v) is 3.07. The fourth-order valence-electron chi connectivity index (χ4n) is 1.62. The van der Waals surface area contributed by atoms with Gasteiger partial charge in [0.2, 0.25) is 0 Å². The molecule has 0 fully saturated rings. The van der Waals surface area contributed by atoms with E-state index in [0.717, 1.165) is 12.1 Å². The summed E-state index contributed by atoms with van der Waals surface area (Å²) >= 11 is 0. The average Bonchev–Trinajstić information content (AvgIpc) is 2.69. The second-order valence-corrected chi connectivity index (χ2v) is 4.49. The number of rotatable bonds is 5. The lowest BCUT2D eigenvalue weighted by Gasteiger charge is -2.19. The number of nitrogens with zero attached hydrogens (tertiary/aromatic N) is 2. The molecule has 17 heavy (non-hydrogen) atoms. The lowest BCUT2D eigenvalue weighted by Crippen LogP contribution is -2.39. The van der Waals surface area contributed by atoms with Gasteiger partial charge in [0, 0.05) is 19.3 Å². The summed E-state index contributed by atoms with van der Waals surface area (Å²) in [5.41, 5.74) is 7.07. The first-order chi connectivity index (χ1) is 7.99. The van der Waals surface area contributed by atoms with E-state index in [9.17, 15) is 4.79 Å². The molecule has 0 saturated carbocycles. The highest BCUT2D eigenvalue weighted by Gasteiger charge is 2.18. The smallest absolute Gasteiger partial charge is 0.254 e. The van der Waals surface area contributed by atoms with Crippen molar-refractivity contribution in [1.29, 1.82) is 0 Å². The molecule has 2 unspecified atom stereocenters. The van der Waals surface area contributed by atoms with Gasteiger partial charge in [0.1, 0.15) is 0 Å². The van der Waals surface area contributed by atoms with E-state index in [1.807, 2.05) is 27.8 Å². The first-order valence-corrected chi connectivity index (χ1v) is 6.03. The van der Waals surface area contributed by atoms with Crippen molar-refractivity contribution in [3.05, 3.63) is 17.5 Å². The van der Waals surface area contributed by atoms with Gasteiger partial charge in [0.05, 0.1) is 11.3 Å². The zero-order valence-corrected chi connectivity index (χ0v) is 11.0. The molecule has 5 heteroatoms. The van der Waals surface area contributed by atoms with Crippen molar-refractivity contribution in [3.8, 4) is 0 Å². The molecule has 1 heterocycles. The molecule has 2 atom stereocenters. The Morgan fingerprint density at radius 2 is 2.24 bits per heavy atom. The normalized spacial score (nSPS) is 14.4. The van der Waals surface area contributed by atoms with Crippen LogP contribution in [-0.4, -0.2) is 28.3 Å². The second kappa shape index (κ2) is 5.82. The van der Waals surface area contributed by atoms with Crippen LogP contribution in [0.1, 0.15) is 36.8 Å². The molecule has 0 aliphatic heterocycles. The lowest BCUT2D eigenvalue weighted by atomic mass is 10.0. The highest BCUT2D eigenvalue weighted by Crippen LogP contribution is 2.08. The van der Waals surface area contributed by atoms with Crippen LogP contribution in [0.3, 0.4) is 0 Å². The van der Waals surface area contributed by atoms with E-state index in [0.29, 0.717) is 12.1 Å². The molecule has 96 valence electrons. The largest absolute Gasteiger partial charge is 0.349 e. The third kappa shape index (κ3) is 3.30. The summed E-state index contributed by atoms with van der Waals surface area (Å²) in [6.45, 7) is 6.55. The Morgan fingerprint density at radius 1 is 1.59 bits per heavy atom. The maximum atomic E-state index is 12.1. The van der Waals surface area contributed by atoms with E-state index >= 15 is 0 Å². The van der Waals surface area contributed by atoms with Gasteiger partial charge in [-0.15, -0.1) is 0 Å². The molecule has 0 bridgehead atoms. The number of nitrogens with two attached hydrogens (primary N) is 1. The molecule has 1 amide bonds. The van der Waals surface area contributed by atoms with Crippen molar-refractivity contribution in [2.24, 2.45) is 18.7 Å². The summed E-state index contributed by atoms with van der Waals surface area (Å²) in [6.07, 6.45) is 2.51. The summed E-state index contributed by atoms with van der Waals surface area (Å²) in [5.74, 6) is 0.198. The number of aromatic nitrogens is 2. The molecule has 1 aromatic heterocycles. The molecule has 3 N–H and O–H groups in total. The molecular weight excluding hydrogens is 216 g/mol. The van der Waals surface area contributed by atoms with E-state index in [4.69, 9.17) is 5.73 Å². The Balaban J connectivity index is 2.75. The Morgan fingerprint density at radius 3 is 2.76 bits per heavy atom. The van der Waals surface area contributed by atoms with Crippen LogP contribution < -0.4 is 11.1 Å². The highest BCUT2D eigenvalue weighted by atomic mass is 16.1. The van der Waals surface area contributed by atoms with E-state index in [1.165, 1.54) is 0 Å². The van der Waals surface area contributed by atoms with Crippen molar-refractivity contribution in [2.75, 3.05) is 6.54 Å². The topological polar surface area (TPSA) is 72.9 Å². The molecule has 0 aliphatic carbocycles. The van der Waals surface area contributed by atoms with Gasteiger partial charge >= 0.3 is 0 Å². The summed E-state index contributed by atoms with van der Waals surface area (Å²) < 4.78 is 1.67. The molecule has 0 aliphatic rings. The third-order valence-electron chi connectivity index (χ3n) is 3.07. The van der Waals surface area contributed by atoms with Crippen LogP contribution in [0.2, 0.25) is 0 Å². The Labute approximate surface area is 102 Å². The number of carbonyl (C=O) groups excluding carboxylic acids is 1. The minimum absolute atomic E-state index is 0.0669. The van der Waals surface area contributed by atoms with Crippen molar-refractivity contribution < 1.29 is 4.79 Å². The maximum absolute atomic E-state index is 12.1. The van der Waals surface area contributed by atoms with E-state index in [1.54, 1.807) is 10.9 Å². The van der Waals surface area contributed by atoms with Crippen LogP contribution in [0, 0.1) is 5.92 Å². The van der Waals surface area contributed by atoms with E-state index in [-0.39, 0.29) is 17.9 Å². The Hall–Kier alpha value is -1.36. The van der Waals surface area contributed by atoms with Crippen molar-refractivity contribution in [1.82, 2.24) is 15.1 Å². The fraction of sp³-hybridized carbons (Fsp3) is 0.667. The fourth-order valence-corrected chi connectivity index (χ4v) is 1.62. The van der Waals surface area contributed by atoms with Gasteiger partial charge in [0.25, 0.3) is 5.91 Å². The van der Waals surface area contributed by atoms with Gasteiger partial charge in [-0.2, -0.15) is 5.10 Å². The molecule has 0 spiro atoms. The van der Waals surface area contributed by atoms with E-state index < -0.39 is 0 Å². The summed E-state index contributed by atoms with van der Waals surface area (Å²) in [7, 11) is 1.82. The minimum atomic E-state index is -0.0669. The molecule has 1 aromatic rings. The quantitative estimate of drug-likeness (QED) is 0.793. The van der Waals surface area contributed by atoms with Crippen LogP contribution in [0.15, 0.2) is 6.20 Å². The van der Waals surface area contributed by atoms with Crippen molar-refractivity contribution in [3.63, 3.8) is 0 Å². The molecule has 0 radical (unpaired) electrons. The molecular formula is C12H22N4O. The number of hydrogen-bond acceptors (Lipinski definition) is 3. The van der Waals surface area contributed by atoms with Crippen LogP contribution in [0.5, 0.6) is 0 Å². The predicted octanol–water partition coefficient (Wildman–Crippen LogP) is 0.696. The second-order valence-electron chi connectivity index (χ2n) is 4.49. The first kappa shape index (κ1) is 13.7. The standard InChI is InChI=1S/C12H22N4O/c1-5-11-10(7-16(4)15-11)12(17)14-9(3)8(2)6-13/h7-9H,5-6,13H2,1-4H3,(H,14,17). The summed E-state index contributed by atoms with van der Waals surface area (Å²) in [4.78, 5) is 12.1. The molecule has 1 rings (SSSR count). The number of nitrogens with one attached hydrogen (secondary N) is 1. The monoisotopic (exact) mass is 238 g/mol. The Kier molecular flexibility index (Phi) is 4.69. The van der Waals surface area contributed by atoms with Crippen LogP contribution in [0.25, 0.3) is 0 Å². The molecule has 0 aromatic carbocycles. The van der Waals surface area contributed by atoms with Crippen molar-refractivity contribution in [2.45, 2.75) is 33.2 Å². The van der Waals surface area contributed by atoms with Gasteiger partial charge in [0.15, 0.2) is 0 Å². The summed E-state index contributed by atoms with van der Waals surface area (Å²) in [5, 5.41) is 7.22. The van der Waals surface area contributed by atoms with Gasteiger partial charge < -0.3 is 11.1 Å². The SMILES string of the molecule is CCc1nn(C)cc1C(=O)NC(C)C(C)CN. The minimum Gasteiger partial charge on any atom is -0.349 e. The molecule has 0 saturated heterocycles. The van der Waals surface area contributed by atoms with Crippen LogP contribution in [0.4, 0.5) is 0 Å². The van der Waals surface area contributed by atoms with Crippen LogP contribution >= 0.6 is 0 Å². The maximum Gasteiger partial charge on any atom is 0.254 e. The zero-order valence-electron chi connectivity index (χ0n) is 11.0. The van der Waals surface area contributed by atoms with Gasteiger partial charge in [-0.25, -0.2) is 0 Å². The van der Waals surface area contributed by atoms with Gasteiger partial charge in [-0.3, -0.25) is 9.48 Å². The lowest BCUT2D eigenvalue weighted by molar-refractivity contribution is 0.0928. The summed E-state index contributed by atoms with van der Waals surface area (Å²) in [6, 6.07) is 0.0670. The van der Waals surface area contributed by atoms with Crippen molar-refractivity contribution >= 4 is 5.91 Å². The Bertz CT molecular complexity index is 386. The first-order valence-electron chi connectivity index (χ1n) is 6.03. The predicted molar refractivity (Wildman–Crippen MR) is 67.7 cm³/mol. The average molecular weight is 238 g/mol. The molecule has 5 nitrogen and oxygen atoms in total. The van der Waals surface area contributed by atoms with Gasteiger partial charge in [-0.05, 0) is 25.8 Å².